The highest BCUT2D eigenvalue weighted by atomic mass is 15.2. The maximum absolute atomic E-state index is 6.12. The van der Waals surface area contributed by atoms with Crippen molar-refractivity contribution in [2.24, 2.45) is 5.73 Å². The molecule has 1 aromatic heterocycles. The standard InChI is InChI=1S/C15H19N3/c1-15(2,16)10-18-8-7-12-9-11-5-3-4-6-13(11)17-14(12)18/h3-6,9H,7-8,10,16H2,1-2H3. The minimum Gasteiger partial charge on any atom is -0.354 e. The van der Waals surface area contributed by atoms with Crippen LogP contribution in [0.5, 0.6) is 0 Å². The summed E-state index contributed by atoms with van der Waals surface area (Å²) in [6, 6.07) is 10.6. The predicted molar refractivity (Wildman–Crippen MR) is 75.9 cm³/mol. The van der Waals surface area contributed by atoms with E-state index in [0.29, 0.717) is 0 Å². The molecule has 2 aromatic rings. The van der Waals surface area contributed by atoms with Gasteiger partial charge in [0.1, 0.15) is 5.82 Å². The van der Waals surface area contributed by atoms with Crippen molar-refractivity contribution in [2.75, 3.05) is 18.0 Å². The van der Waals surface area contributed by atoms with Crippen molar-refractivity contribution in [1.82, 2.24) is 4.98 Å². The number of nitrogens with two attached hydrogens (primary N) is 1. The van der Waals surface area contributed by atoms with Crippen molar-refractivity contribution >= 4 is 16.7 Å². The van der Waals surface area contributed by atoms with Crippen molar-refractivity contribution in [3.05, 3.63) is 35.9 Å². The topological polar surface area (TPSA) is 42.1 Å². The maximum Gasteiger partial charge on any atom is 0.132 e. The molecule has 94 valence electrons. The zero-order valence-corrected chi connectivity index (χ0v) is 11.0. The van der Waals surface area contributed by atoms with Gasteiger partial charge in [0.05, 0.1) is 5.52 Å². The van der Waals surface area contributed by atoms with Crippen molar-refractivity contribution in [2.45, 2.75) is 25.8 Å². The Kier molecular flexibility index (Phi) is 2.52. The molecule has 0 bridgehead atoms. The van der Waals surface area contributed by atoms with Crippen molar-refractivity contribution in [3.63, 3.8) is 0 Å². The van der Waals surface area contributed by atoms with Crippen LogP contribution in [0, 0.1) is 0 Å². The molecule has 2 heterocycles. The molecule has 2 N–H and O–H groups in total. The fourth-order valence-electron chi connectivity index (χ4n) is 2.61. The van der Waals surface area contributed by atoms with E-state index in [-0.39, 0.29) is 5.54 Å². The first-order valence-electron chi connectivity index (χ1n) is 6.45. The van der Waals surface area contributed by atoms with Crippen LogP contribution in [0.15, 0.2) is 30.3 Å². The Labute approximate surface area is 108 Å². The first-order chi connectivity index (χ1) is 8.53. The second-order valence-corrected chi connectivity index (χ2v) is 5.82. The normalized spacial score (nSPS) is 15.2. The highest BCUT2D eigenvalue weighted by Crippen LogP contribution is 2.29. The van der Waals surface area contributed by atoms with Gasteiger partial charge in [0.25, 0.3) is 0 Å². The zero-order valence-electron chi connectivity index (χ0n) is 11.0. The molecule has 18 heavy (non-hydrogen) atoms. The fraction of sp³-hybridized carbons (Fsp3) is 0.400. The number of para-hydroxylation sites is 1. The Morgan fingerprint density at radius 1 is 1.33 bits per heavy atom. The number of rotatable bonds is 2. The van der Waals surface area contributed by atoms with Crippen LogP contribution < -0.4 is 10.6 Å². The molecular formula is C15H19N3. The van der Waals surface area contributed by atoms with Crippen molar-refractivity contribution in [3.8, 4) is 0 Å². The van der Waals surface area contributed by atoms with E-state index in [0.717, 1.165) is 30.8 Å². The molecule has 3 rings (SSSR count). The Morgan fingerprint density at radius 3 is 2.89 bits per heavy atom. The second-order valence-electron chi connectivity index (χ2n) is 5.82. The summed E-state index contributed by atoms with van der Waals surface area (Å²) in [6.45, 7) is 6.00. The first-order valence-corrected chi connectivity index (χ1v) is 6.45. The van der Waals surface area contributed by atoms with Crippen LogP contribution in [-0.2, 0) is 6.42 Å². The number of fused-ring (bicyclic) bond motifs is 2. The molecule has 0 atom stereocenters. The summed E-state index contributed by atoms with van der Waals surface area (Å²) in [5, 5.41) is 1.23. The number of nitrogens with zero attached hydrogens (tertiary/aromatic N) is 2. The molecule has 0 radical (unpaired) electrons. The lowest BCUT2D eigenvalue weighted by Gasteiger charge is -2.27. The Hall–Kier alpha value is -1.61. The molecule has 0 saturated carbocycles. The highest BCUT2D eigenvalue weighted by Gasteiger charge is 2.25. The largest absolute Gasteiger partial charge is 0.354 e. The molecule has 1 aliphatic heterocycles. The van der Waals surface area contributed by atoms with Gasteiger partial charge >= 0.3 is 0 Å². The number of benzene rings is 1. The number of hydrogen-bond donors (Lipinski definition) is 1. The summed E-state index contributed by atoms with van der Waals surface area (Å²) in [4.78, 5) is 7.10. The minimum atomic E-state index is -0.186. The average Bonchev–Trinajstić information content (AvgIpc) is 2.67. The molecule has 1 aromatic carbocycles. The minimum absolute atomic E-state index is 0.186. The third-order valence-electron chi connectivity index (χ3n) is 3.33. The molecule has 0 spiro atoms. The molecule has 0 unspecified atom stereocenters. The molecule has 3 heteroatoms. The Bertz CT molecular complexity index is 584. The average molecular weight is 241 g/mol. The third-order valence-corrected chi connectivity index (χ3v) is 3.33. The van der Waals surface area contributed by atoms with Crippen molar-refractivity contribution in [1.29, 1.82) is 0 Å². The molecular weight excluding hydrogens is 222 g/mol. The van der Waals surface area contributed by atoms with Crippen LogP contribution in [0.2, 0.25) is 0 Å². The molecule has 3 nitrogen and oxygen atoms in total. The Morgan fingerprint density at radius 2 is 2.11 bits per heavy atom. The van der Waals surface area contributed by atoms with E-state index >= 15 is 0 Å². The summed E-state index contributed by atoms with van der Waals surface area (Å²) >= 11 is 0. The molecule has 0 fully saturated rings. The van der Waals surface area contributed by atoms with Gasteiger partial charge in [-0.3, -0.25) is 0 Å². The van der Waals surface area contributed by atoms with Gasteiger partial charge in [0.15, 0.2) is 0 Å². The van der Waals surface area contributed by atoms with Gasteiger partial charge in [-0.25, -0.2) is 4.98 Å². The van der Waals surface area contributed by atoms with Gasteiger partial charge in [-0.1, -0.05) is 18.2 Å². The summed E-state index contributed by atoms with van der Waals surface area (Å²) < 4.78 is 0. The van der Waals surface area contributed by atoms with E-state index in [1.807, 2.05) is 6.07 Å². The van der Waals surface area contributed by atoms with E-state index in [4.69, 9.17) is 10.7 Å². The van der Waals surface area contributed by atoms with Gasteiger partial charge in [0.2, 0.25) is 0 Å². The SMILES string of the molecule is CC(C)(N)CN1CCc2cc3ccccc3nc21. The number of aromatic nitrogens is 1. The Balaban J connectivity index is 2.03. The van der Waals surface area contributed by atoms with Crippen molar-refractivity contribution < 1.29 is 0 Å². The lowest BCUT2D eigenvalue weighted by molar-refractivity contribution is 0.510. The molecule has 0 aliphatic carbocycles. The third kappa shape index (κ3) is 2.06. The predicted octanol–water partition coefficient (Wildman–Crippen LogP) is 2.33. The van der Waals surface area contributed by atoms with Gasteiger partial charge in [0, 0.05) is 24.0 Å². The van der Waals surface area contributed by atoms with Gasteiger partial charge in [-0.05, 0) is 38.0 Å². The van der Waals surface area contributed by atoms with Crippen LogP contribution in [-0.4, -0.2) is 23.6 Å². The monoisotopic (exact) mass is 241 g/mol. The van der Waals surface area contributed by atoms with E-state index < -0.39 is 0 Å². The number of hydrogen-bond acceptors (Lipinski definition) is 3. The van der Waals surface area contributed by atoms with Crippen LogP contribution in [0.1, 0.15) is 19.4 Å². The summed E-state index contributed by atoms with van der Waals surface area (Å²) in [7, 11) is 0. The van der Waals surface area contributed by atoms with E-state index in [1.165, 1.54) is 10.9 Å². The summed E-state index contributed by atoms with van der Waals surface area (Å²) in [5.41, 5.74) is 8.34. The van der Waals surface area contributed by atoms with Crippen LogP contribution in [0.4, 0.5) is 5.82 Å². The zero-order chi connectivity index (χ0) is 12.8. The van der Waals surface area contributed by atoms with Crippen LogP contribution >= 0.6 is 0 Å². The molecule has 0 amide bonds. The lowest BCUT2D eigenvalue weighted by Crippen LogP contribution is -2.45. The fourth-order valence-corrected chi connectivity index (χ4v) is 2.61. The molecule has 0 saturated heterocycles. The molecule has 1 aliphatic rings. The lowest BCUT2D eigenvalue weighted by atomic mass is 10.1. The maximum atomic E-state index is 6.12. The number of anilines is 1. The van der Waals surface area contributed by atoms with Gasteiger partial charge in [-0.2, -0.15) is 0 Å². The van der Waals surface area contributed by atoms with E-state index in [2.05, 4.69) is 43.0 Å². The van der Waals surface area contributed by atoms with Gasteiger partial charge < -0.3 is 10.6 Å². The summed E-state index contributed by atoms with van der Waals surface area (Å²) in [5.74, 6) is 1.12. The number of pyridine rings is 1. The quantitative estimate of drug-likeness (QED) is 0.877. The first kappa shape index (κ1) is 11.5. The van der Waals surface area contributed by atoms with E-state index in [1.54, 1.807) is 0 Å². The van der Waals surface area contributed by atoms with Crippen LogP contribution in [0.25, 0.3) is 10.9 Å². The second kappa shape index (κ2) is 3.95. The van der Waals surface area contributed by atoms with Gasteiger partial charge in [-0.15, -0.1) is 0 Å². The van der Waals surface area contributed by atoms with Crippen LogP contribution in [0.3, 0.4) is 0 Å². The summed E-state index contributed by atoms with van der Waals surface area (Å²) in [6.07, 6.45) is 1.07. The smallest absolute Gasteiger partial charge is 0.132 e. The highest BCUT2D eigenvalue weighted by molar-refractivity contribution is 5.82. The van der Waals surface area contributed by atoms with E-state index in [9.17, 15) is 0 Å².